The predicted molar refractivity (Wildman–Crippen MR) is 46.8 cm³/mol. The molecule has 0 amide bonds. The van der Waals surface area contributed by atoms with Crippen LogP contribution in [0.5, 0.6) is 0 Å². The molecule has 0 aromatic rings. The largest absolute Gasteiger partial charge is 0.316 e. The second kappa shape index (κ2) is 2.34. The maximum Gasteiger partial charge on any atom is 0.0785 e. The molecular weight excluding hydrogens is 156 g/mol. The summed E-state index contributed by atoms with van der Waals surface area (Å²) in [6.07, 6.45) is 7.34. The zero-order valence-electron chi connectivity index (χ0n) is 6.51. The normalized spacial score (nSPS) is 21.6. The SMILES string of the molecule is CC1=[C]C2=CNSN2C(C)=C1. The van der Waals surface area contributed by atoms with Crippen LogP contribution in [0.4, 0.5) is 0 Å². The summed E-state index contributed by atoms with van der Waals surface area (Å²) in [5, 5.41) is 0. The number of nitrogens with zero attached hydrogens (tertiary/aromatic N) is 1. The topological polar surface area (TPSA) is 15.3 Å². The van der Waals surface area contributed by atoms with Crippen molar-refractivity contribution in [2.24, 2.45) is 0 Å². The van der Waals surface area contributed by atoms with Crippen LogP contribution in [0.3, 0.4) is 0 Å². The minimum absolute atomic E-state index is 1.12. The Morgan fingerprint density at radius 1 is 1.55 bits per heavy atom. The lowest BCUT2D eigenvalue weighted by Crippen LogP contribution is -2.12. The molecule has 0 aromatic carbocycles. The first-order valence-electron chi connectivity index (χ1n) is 3.49. The smallest absolute Gasteiger partial charge is 0.0785 e. The highest BCUT2D eigenvalue weighted by atomic mass is 32.2. The van der Waals surface area contributed by atoms with Crippen molar-refractivity contribution in [3.05, 3.63) is 35.3 Å². The van der Waals surface area contributed by atoms with Crippen molar-refractivity contribution in [3.8, 4) is 0 Å². The van der Waals surface area contributed by atoms with Crippen LogP contribution in [0.15, 0.2) is 29.2 Å². The molecule has 0 aromatic heterocycles. The molecule has 57 valence electrons. The Kier molecular flexibility index (Phi) is 1.46. The Labute approximate surface area is 70.9 Å². The van der Waals surface area contributed by atoms with Crippen LogP contribution >= 0.6 is 12.1 Å². The van der Waals surface area contributed by atoms with Gasteiger partial charge in [0, 0.05) is 18.0 Å². The van der Waals surface area contributed by atoms with E-state index in [1.807, 2.05) is 6.20 Å². The van der Waals surface area contributed by atoms with Gasteiger partial charge in [-0.15, -0.1) is 0 Å². The van der Waals surface area contributed by atoms with Gasteiger partial charge in [-0.3, -0.25) is 4.31 Å². The summed E-state index contributed by atoms with van der Waals surface area (Å²) in [4.78, 5) is 0. The van der Waals surface area contributed by atoms with Gasteiger partial charge in [-0.25, -0.2) is 0 Å². The number of nitrogens with one attached hydrogen (secondary N) is 1. The number of hydrogen-bond acceptors (Lipinski definition) is 3. The van der Waals surface area contributed by atoms with Crippen LogP contribution in [-0.2, 0) is 0 Å². The molecule has 2 aliphatic heterocycles. The molecule has 0 bridgehead atoms. The van der Waals surface area contributed by atoms with E-state index >= 15 is 0 Å². The van der Waals surface area contributed by atoms with Crippen molar-refractivity contribution in [1.29, 1.82) is 0 Å². The Hall–Kier alpha value is -0.830. The van der Waals surface area contributed by atoms with Gasteiger partial charge in [0.1, 0.15) is 0 Å². The minimum Gasteiger partial charge on any atom is -0.316 e. The first kappa shape index (κ1) is 6.85. The maximum absolute atomic E-state index is 3.25. The maximum atomic E-state index is 3.25. The summed E-state index contributed by atoms with van der Waals surface area (Å²) >= 11 is 1.58. The average molecular weight is 165 g/mol. The van der Waals surface area contributed by atoms with E-state index in [0.29, 0.717) is 0 Å². The molecule has 2 nitrogen and oxygen atoms in total. The van der Waals surface area contributed by atoms with Gasteiger partial charge in [0.2, 0.25) is 0 Å². The lowest BCUT2D eigenvalue weighted by atomic mass is 10.1. The van der Waals surface area contributed by atoms with E-state index in [1.165, 1.54) is 11.3 Å². The van der Waals surface area contributed by atoms with Crippen molar-refractivity contribution in [3.63, 3.8) is 0 Å². The molecule has 0 spiro atoms. The molecule has 0 saturated heterocycles. The quantitative estimate of drug-likeness (QED) is 0.552. The molecule has 1 radical (unpaired) electrons. The first-order chi connectivity index (χ1) is 5.27. The van der Waals surface area contributed by atoms with Crippen LogP contribution in [0, 0.1) is 6.08 Å². The summed E-state index contributed by atoms with van der Waals surface area (Å²) in [6.45, 7) is 4.16. The van der Waals surface area contributed by atoms with Gasteiger partial charge in [-0.05, 0) is 25.5 Å². The minimum atomic E-state index is 1.12. The van der Waals surface area contributed by atoms with Crippen LogP contribution < -0.4 is 4.72 Å². The fourth-order valence-corrected chi connectivity index (χ4v) is 1.86. The van der Waals surface area contributed by atoms with Crippen molar-refractivity contribution < 1.29 is 0 Å². The highest BCUT2D eigenvalue weighted by Crippen LogP contribution is 2.31. The van der Waals surface area contributed by atoms with E-state index in [4.69, 9.17) is 0 Å². The van der Waals surface area contributed by atoms with Crippen molar-refractivity contribution in [2.45, 2.75) is 13.8 Å². The van der Waals surface area contributed by atoms with E-state index in [0.717, 1.165) is 5.70 Å². The van der Waals surface area contributed by atoms with Gasteiger partial charge in [0.15, 0.2) is 0 Å². The van der Waals surface area contributed by atoms with Crippen LogP contribution in [0.2, 0.25) is 0 Å². The highest BCUT2D eigenvalue weighted by molar-refractivity contribution is 7.95. The molecule has 0 atom stereocenters. The standard InChI is InChI=1S/C8H9N2S/c1-6-3-7(2)10-8(4-6)5-9-11-10/h3,5,9H,1-2H3. The van der Waals surface area contributed by atoms with Gasteiger partial charge >= 0.3 is 0 Å². The summed E-state index contributed by atoms with van der Waals surface area (Å²) in [6, 6.07) is 0. The zero-order valence-corrected chi connectivity index (χ0v) is 7.33. The second-order valence-electron chi connectivity index (χ2n) is 2.63. The van der Waals surface area contributed by atoms with Gasteiger partial charge in [-0.1, -0.05) is 0 Å². The van der Waals surface area contributed by atoms with E-state index in [-0.39, 0.29) is 0 Å². The van der Waals surface area contributed by atoms with Crippen LogP contribution in [0.1, 0.15) is 13.8 Å². The fourth-order valence-electron chi connectivity index (χ4n) is 1.20. The number of fused-ring (bicyclic) bond motifs is 1. The fraction of sp³-hybridized carbons (Fsp3) is 0.250. The number of allylic oxidation sites excluding steroid dienone is 4. The highest BCUT2D eigenvalue weighted by Gasteiger charge is 2.19. The molecular formula is C8H9N2S. The summed E-state index contributed by atoms with van der Waals surface area (Å²) < 4.78 is 5.20. The van der Waals surface area contributed by atoms with Crippen molar-refractivity contribution in [2.75, 3.05) is 0 Å². The Balaban J connectivity index is 2.40. The molecule has 0 fully saturated rings. The first-order valence-corrected chi connectivity index (χ1v) is 4.26. The predicted octanol–water partition coefficient (Wildman–Crippen LogP) is 1.96. The van der Waals surface area contributed by atoms with E-state index < -0.39 is 0 Å². The monoisotopic (exact) mass is 165 g/mol. The summed E-state index contributed by atoms with van der Waals surface area (Å²) in [5.74, 6) is 0. The Morgan fingerprint density at radius 3 is 3.18 bits per heavy atom. The molecule has 3 heteroatoms. The third-order valence-electron chi connectivity index (χ3n) is 1.63. The summed E-state index contributed by atoms with van der Waals surface area (Å²) in [5.41, 5.74) is 3.56. The second-order valence-corrected chi connectivity index (χ2v) is 3.41. The van der Waals surface area contributed by atoms with Gasteiger partial charge < -0.3 is 4.72 Å². The Morgan fingerprint density at radius 2 is 2.36 bits per heavy atom. The van der Waals surface area contributed by atoms with Crippen LogP contribution in [-0.4, -0.2) is 4.31 Å². The molecule has 0 saturated carbocycles. The molecule has 2 heterocycles. The summed E-state index contributed by atoms with van der Waals surface area (Å²) in [7, 11) is 0. The number of rotatable bonds is 0. The van der Waals surface area contributed by atoms with E-state index in [2.05, 4.69) is 35.0 Å². The zero-order chi connectivity index (χ0) is 7.84. The lowest BCUT2D eigenvalue weighted by molar-refractivity contribution is 0.719. The third kappa shape index (κ3) is 1.05. The number of hydrogen-bond donors (Lipinski definition) is 1. The molecule has 2 aliphatic rings. The van der Waals surface area contributed by atoms with Gasteiger partial charge in [0.05, 0.1) is 17.8 Å². The Bertz CT molecular complexity index is 276. The van der Waals surface area contributed by atoms with E-state index in [1.54, 1.807) is 12.1 Å². The lowest BCUT2D eigenvalue weighted by Gasteiger charge is -2.21. The van der Waals surface area contributed by atoms with Gasteiger partial charge in [-0.2, -0.15) is 0 Å². The average Bonchev–Trinajstić information content (AvgIpc) is 2.34. The van der Waals surface area contributed by atoms with Crippen LogP contribution in [0.25, 0.3) is 0 Å². The van der Waals surface area contributed by atoms with E-state index in [9.17, 15) is 0 Å². The molecule has 2 rings (SSSR count). The molecule has 1 N–H and O–H groups in total. The molecule has 11 heavy (non-hydrogen) atoms. The molecule has 0 unspecified atom stereocenters. The molecule has 0 aliphatic carbocycles. The third-order valence-corrected chi connectivity index (χ3v) is 2.52. The van der Waals surface area contributed by atoms with Gasteiger partial charge in [0.25, 0.3) is 0 Å². The van der Waals surface area contributed by atoms with Crippen molar-refractivity contribution >= 4 is 12.1 Å². The van der Waals surface area contributed by atoms with Crippen molar-refractivity contribution in [1.82, 2.24) is 9.03 Å².